The standard InChI is InChI=1S/C67H43N3/c1-3-15-44(16-4-1)52-21-13-23-54(39-52)64-43-63(69-67(70-64)56-24-14-22-53(41-56)45-17-5-2-6-18-45)50-36-31-48(32-37-50)47-29-34-49(35-30-47)60-42-61-65(58-26-10-9-25-57(58)60)59-27-11-12-28-62(59)68-66(61)55-38-33-46-19-7-8-20-51(46)40-55/h1-43H. The van der Waals surface area contributed by atoms with Gasteiger partial charge in [0, 0.05) is 38.4 Å². The van der Waals surface area contributed by atoms with Gasteiger partial charge in [-0.25, -0.2) is 15.0 Å². The van der Waals surface area contributed by atoms with Gasteiger partial charge < -0.3 is 0 Å². The van der Waals surface area contributed by atoms with Gasteiger partial charge >= 0.3 is 0 Å². The van der Waals surface area contributed by atoms with Crippen LogP contribution in [0.3, 0.4) is 0 Å². The minimum Gasteiger partial charge on any atom is -0.247 e. The van der Waals surface area contributed by atoms with Crippen LogP contribution in [0.2, 0.25) is 0 Å². The number of fused-ring (bicyclic) bond motifs is 6. The maximum atomic E-state index is 5.37. The highest BCUT2D eigenvalue weighted by molar-refractivity contribution is 6.25. The predicted octanol–water partition coefficient (Wildman–Crippen LogP) is 17.8. The molecule has 0 saturated heterocycles. The Morgan fingerprint density at radius 1 is 0.229 bits per heavy atom. The predicted molar refractivity (Wildman–Crippen MR) is 293 cm³/mol. The summed E-state index contributed by atoms with van der Waals surface area (Å²) in [6.45, 7) is 0. The van der Waals surface area contributed by atoms with Crippen molar-refractivity contribution in [3.8, 4) is 89.7 Å². The van der Waals surface area contributed by atoms with Gasteiger partial charge in [0.2, 0.25) is 0 Å². The Morgan fingerprint density at radius 3 is 1.41 bits per heavy atom. The molecule has 0 fully saturated rings. The van der Waals surface area contributed by atoms with E-state index in [2.05, 4.69) is 255 Å². The molecule has 0 amide bonds. The molecule has 0 aliphatic heterocycles. The van der Waals surface area contributed by atoms with E-state index < -0.39 is 0 Å². The number of pyridine rings is 1. The summed E-state index contributed by atoms with van der Waals surface area (Å²) in [4.78, 5) is 15.8. The number of rotatable bonds is 8. The molecule has 0 atom stereocenters. The number of hydrogen-bond donors (Lipinski definition) is 0. The Morgan fingerprint density at radius 2 is 0.714 bits per heavy atom. The molecule has 13 rings (SSSR count). The average Bonchev–Trinajstić information content (AvgIpc) is 3.45. The highest BCUT2D eigenvalue weighted by atomic mass is 14.9. The Labute approximate surface area is 406 Å². The van der Waals surface area contributed by atoms with Gasteiger partial charge in [-0.2, -0.15) is 0 Å². The number of benzene rings is 11. The van der Waals surface area contributed by atoms with Gasteiger partial charge in [0.1, 0.15) is 0 Å². The quantitative estimate of drug-likeness (QED) is 0.143. The lowest BCUT2D eigenvalue weighted by atomic mass is 9.89. The van der Waals surface area contributed by atoms with E-state index in [1.807, 2.05) is 6.07 Å². The van der Waals surface area contributed by atoms with Crippen LogP contribution in [-0.4, -0.2) is 15.0 Å². The fraction of sp³-hybridized carbons (Fsp3) is 0. The van der Waals surface area contributed by atoms with E-state index in [4.69, 9.17) is 15.0 Å². The highest BCUT2D eigenvalue weighted by Gasteiger charge is 2.18. The summed E-state index contributed by atoms with van der Waals surface area (Å²) in [6, 6.07) is 93.0. The van der Waals surface area contributed by atoms with Crippen LogP contribution in [0.5, 0.6) is 0 Å². The summed E-state index contributed by atoms with van der Waals surface area (Å²) in [6.07, 6.45) is 0. The lowest BCUT2D eigenvalue weighted by Crippen LogP contribution is -1.96. The molecule has 0 aliphatic rings. The Kier molecular flexibility index (Phi) is 10.2. The van der Waals surface area contributed by atoms with E-state index >= 15 is 0 Å². The van der Waals surface area contributed by atoms with Crippen molar-refractivity contribution in [3.05, 3.63) is 261 Å². The maximum Gasteiger partial charge on any atom is 0.160 e. The molecule has 0 saturated carbocycles. The number of para-hydroxylation sites is 1. The summed E-state index contributed by atoms with van der Waals surface area (Å²) in [7, 11) is 0. The van der Waals surface area contributed by atoms with E-state index in [-0.39, 0.29) is 0 Å². The van der Waals surface area contributed by atoms with Crippen LogP contribution < -0.4 is 0 Å². The van der Waals surface area contributed by atoms with Crippen molar-refractivity contribution < 1.29 is 0 Å². The Balaban J connectivity index is 0.879. The van der Waals surface area contributed by atoms with Crippen LogP contribution >= 0.6 is 0 Å². The second-order valence-corrected chi connectivity index (χ2v) is 17.9. The SMILES string of the molecule is c1ccc(-c2cccc(-c3cc(-c4ccc(-c5ccc(-c6cc7c(-c8ccc9ccccc9c8)nc8ccccc8c7c7ccccc67)cc5)cc4)nc(-c4cccc(-c5ccccc5)c4)n3)c2)cc1. The number of aromatic nitrogens is 3. The third-order valence-corrected chi connectivity index (χ3v) is 13.7. The van der Waals surface area contributed by atoms with Crippen molar-refractivity contribution in [2.75, 3.05) is 0 Å². The monoisotopic (exact) mass is 889 g/mol. The van der Waals surface area contributed by atoms with Crippen LogP contribution in [0.25, 0.3) is 133 Å². The number of hydrogen-bond acceptors (Lipinski definition) is 3. The molecule has 0 aliphatic carbocycles. The van der Waals surface area contributed by atoms with E-state index in [1.54, 1.807) is 0 Å². The molecular formula is C67H43N3. The van der Waals surface area contributed by atoms with Crippen LogP contribution in [0, 0.1) is 0 Å². The molecule has 0 bridgehead atoms. The van der Waals surface area contributed by atoms with Crippen LogP contribution in [0.1, 0.15) is 0 Å². The second-order valence-electron chi connectivity index (χ2n) is 17.9. The molecule has 2 aromatic heterocycles. The lowest BCUT2D eigenvalue weighted by molar-refractivity contribution is 1.18. The summed E-state index contributed by atoms with van der Waals surface area (Å²) in [5.41, 5.74) is 17.1. The van der Waals surface area contributed by atoms with Gasteiger partial charge in [-0.3, -0.25) is 0 Å². The van der Waals surface area contributed by atoms with E-state index in [0.717, 1.165) is 89.0 Å². The lowest BCUT2D eigenvalue weighted by Gasteiger charge is -2.16. The fourth-order valence-electron chi connectivity index (χ4n) is 10.1. The van der Waals surface area contributed by atoms with E-state index in [0.29, 0.717) is 5.82 Å². The normalized spacial score (nSPS) is 11.4. The summed E-state index contributed by atoms with van der Waals surface area (Å²) in [5, 5.41) is 8.40. The van der Waals surface area contributed by atoms with E-state index in [1.165, 1.54) is 38.1 Å². The zero-order valence-electron chi connectivity index (χ0n) is 38.2. The van der Waals surface area contributed by atoms with Gasteiger partial charge in [-0.05, 0) is 102 Å². The third-order valence-electron chi connectivity index (χ3n) is 13.7. The first-order valence-electron chi connectivity index (χ1n) is 23.8. The molecule has 0 N–H and O–H groups in total. The summed E-state index contributed by atoms with van der Waals surface area (Å²) < 4.78 is 0. The number of nitrogens with zero attached hydrogens (tertiary/aromatic N) is 3. The van der Waals surface area contributed by atoms with Crippen LogP contribution in [0.4, 0.5) is 0 Å². The highest BCUT2D eigenvalue weighted by Crippen LogP contribution is 2.43. The zero-order chi connectivity index (χ0) is 46.4. The van der Waals surface area contributed by atoms with Crippen molar-refractivity contribution in [1.82, 2.24) is 15.0 Å². The van der Waals surface area contributed by atoms with Crippen molar-refractivity contribution in [3.63, 3.8) is 0 Å². The first kappa shape index (κ1) is 40.9. The molecule has 13 aromatic rings. The molecule has 0 unspecified atom stereocenters. The Bertz CT molecular complexity index is 3990. The molecule has 3 heteroatoms. The van der Waals surface area contributed by atoms with Gasteiger partial charge in [0.15, 0.2) is 5.82 Å². The maximum absolute atomic E-state index is 5.37. The minimum absolute atomic E-state index is 0.685. The second kappa shape index (κ2) is 17.4. The first-order chi connectivity index (χ1) is 34.7. The molecule has 3 nitrogen and oxygen atoms in total. The molecule has 0 spiro atoms. The van der Waals surface area contributed by atoms with E-state index in [9.17, 15) is 0 Å². The van der Waals surface area contributed by atoms with Crippen molar-refractivity contribution in [1.29, 1.82) is 0 Å². The first-order valence-corrected chi connectivity index (χ1v) is 23.8. The van der Waals surface area contributed by atoms with Crippen LogP contribution in [0.15, 0.2) is 261 Å². The van der Waals surface area contributed by atoms with Crippen molar-refractivity contribution in [2.24, 2.45) is 0 Å². The molecule has 70 heavy (non-hydrogen) atoms. The third kappa shape index (κ3) is 7.56. The topological polar surface area (TPSA) is 38.7 Å². The van der Waals surface area contributed by atoms with Crippen molar-refractivity contribution in [2.45, 2.75) is 0 Å². The zero-order valence-corrected chi connectivity index (χ0v) is 38.2. The minimum atomic E-state index is 0.685. The smallest absolute Gasteiger partial charge is 0.160 e. The van der Waals surface area contributed by atoms with Gasteiger partial charge in [0.05, 0.1) is 22.6 Å². The molecule has 11 aromatic carbocycles. The Hall–Kier alpha value is -9.31. The fourth-order valence-corrected chi connectivity index (χ4v) is 10.1. The average molecular weight is 890 g/mol. The summed E-state index contributed by atoms with van der Waals surface area (Å²) >= 11 is 0. The molecule has 2 heterocycles. The largest absolute Gasteiger partial charge is 0.247 e. The summed E-state index contributed by atoms with van der Waals surface area (Å²) in [5.74, 6) is 0.685. The molecule has 326 valence electrons. The van der Waals surface area contributed by atoms with Crippen LogP contribution in [-0.2, 0) is 0 Å². The van der Waals surface area contributed by atoms with Gasteiger partial charge in [-0.15, -0.1) is 0 Å². The van der Waals surface area contributed by atoms with Gasteiger partial charge in [0.25, 0.3) is 0 Å². The van der Waals surface area contributed by atoms with Crippen molar-refractivity contribution >= 4 is 43.2 Å². The molecular weight excluding hydrogens is 847 g/mol. The van der Waals surface area contributed by atoms with Gasteiger partial charge in [-0.1, -0.05) is 224 Å². The molecule has 0 radical (unpaired) electrons.